The fourth-order valence-electron chi connectivity index (χ4n) is 1.78. The number of amides is 1. The predicted octanol–water partition coefficient (Wildman–Crippen LogP) is 1.14. The van der Waals surface area contributed by atoms with E-state index in [0.29, 0.717) is 13.2 Å². The van der Waals surface area contributed by atoms with E-state index in [2.05, 4.69) is 10.2 Å². The van der Waals surface area contributed by atoms with Crippen molar-refractivity contribution in [3.8, 4) is 0 Å². The molecule has 0 fully saturated rings. The molecule has 0 aliphatic heterocycles. The molecule has 0 aliphatic carbocycles. The first kappa shape index (κ1) is 16.9. The molecule has 0 saturated heterocycles. The highest BCUT2D eigenvalue weighted by molar-refractivity contribution is 8.13. The minimum Gasteiger partial charge on any atom is -0.383 e. The smallest absolute Gasteiger partial charge is 0.276 e. The Bertz CT molecular complexity index is 582. The third kappa shape index (κ3) is 3.71. The Morgan fingerprint density at radius 1 is 1.50 bits per heavy atom. The number of hydrogen-bond donors (Lipinski definition) is 1. The van der Waals surface area contributed by atoms with E-state index < -0.39 is 15.0 Å². The van der Waals surface area contributed by atoms with Crippen LogP contribution < -0.4 is 0 Å². The van der Waals surface area contributed by atoms with Crippen molar-refractivity contribution in [2.75, 3.05) is 20.3 Å². The van der Waals surface area contributed by atoms with Gasteiger partial charge in [-0.1, -0.05) is 0 Å². The average Bonchev–Trinajstić information content (AvgIpc) is 2.70. The van der Waals surface area contributed by atoms with Crippen molar-refractivity contribution in [3.05, 3.63) is 11.4 Å². The molecule has 114 valence electrons. The minimum atomic E-state index is -4.05. The molecule has 1 aromatic heterocycles. The van der Waals surface area contributed by atoms with Crippen LogP contribution in [0.15, 0.2) is 4.90 Å². The number of carbonyl (C=O) groups excluding carboxylic acids is 1. The fourth-order valence-corrected chi connectivity index (χ4v) is 3.12. The summed E-state index contributed by atoms with van der Waals surface area (Å²) in [6.07, 6.45) is 0. The van der Waals surface area contributed by atoms with Crippen LogP contribution in [0.5, 0.6) is 0 Å². The van der Waals surface area contributed by atoms with Crippen molar-refractivity contribution in [2.24, 2.45) is 0 Å². The summed E-state index contributed by atoms with van der Waals surface area (Å²) in [6, 6.07) is -0.125. The van der Waals surface area contributed by atoms with Crippen LogP contribution in [0.25, 0.3) is 0 Å². The zero-order chi connectivity index (χ0) is 15.5. The van der Waals surface area contributed by atoms with Crippen LogP contribution in [-0.2, 0) is 13.8 Å². The van der Waals surface area contributed by atoms with Crippen LogP contribution in [0.2, 0.25) is 0 Å². The van der Waals surface area contributed by atoms with Gasteiger partial charge >= 0.3 is 0 Å². The van der Waals surface area contributed by atoms with Gasteiger partial charge in [0.1, 0.15) is 4.90 Å². The van der Waals surface area contributed by atoms with Gasteiger partial charge in [-0.25, -0.2) is 8.42 Å². The molecular weight excluding hydrogens is 306 g/mol. The number of H-pyrrole nitrogens is 1. The van der Waals surface area contributed by atoms with Gasteiger partial charge in [-0.3, -0.25) is 9.89 Å². The lowest BCUT2D eigenvalue weighted by Crippen LogP contribution is -2.40. The minimum absolute atomic E-state index is 0.125. The molecular formula is C11H18ClN3O4S. The van der Waals surface area contributed by atoms with Crippen molar-refractivity contribution < 1.29 is 17.9 Å². The normalized spacial score (nSPS) is 11.9. The number of halogens is 1. The lowest BCUT2D eigenvalue weighted by Gasteiger charge is -2.25. The van der Waals surface area contributed by atoms with Crippen LogP contribution in [0.4, 0.5) is 0 Å². The van der Waals surface area contributed by atoms with Crippen molar-refractivity contribution in [1.82, 2.24) is 15.1 Å². The SMILES string of the molecule is COCCN(C(=O)c1n[nH]c(C)c1S(=O)(=O)Cl)C(C)C. The van der Waals surface area contributed by atoms with E-state index in [1.54, 1.807) is 0 Å². The average molecular weight is 324 g/mol. The highest BCUT2D eigenvalue weighted by Gasteiger charge is 2.30. The van der Waals surface area contributed by atoms with Crippen LogP contribution >= 0.6 is 10.7 Å². The molecule has 0 spiro atoms. The van der Waals surface area contributed by atoms with E-state index in [1.807, 2.05) is 13.8 Å². The summed E-state index contributed by atoms with van der Waals surface area (Å²) in [5.74, 6) is -0.499. The molecule has 20 heavy (non-hydrogen) atoms. The summed E-state index contributed by atoms with van der Waals surface area (Å²) >= 11 is 0. The fraction of sp³-hybridized carbons (Fsp3) is 0.636. The molecule has 1 rings (SSSR count). The number of nitrogens with zero attached hydrogens (tertiary/aromatic N) is 2. The number of aryl methyl sites for hydroxylation is 1. The van der Waals surface area contributed by atoms with E-state index in [1.165, 1.54) is 18.9 Å². The summed E-state index contributed by atoms with van der Waals surface area (Å²) in [5.41, 5.74) is 0.0427. The predicted molar refractivity (Wildman–Crippen MR) is 74.4 cm³/mol. The second-order valence-corrected chi connectivity index (χ2v) is 7.05. The van der Waals surface area contributed by atoms with Gasteiger partial charge in [-0.2, -0.15) is 5.10 Å². The van der Waals surface area contributed by atoms with E-state index in [0.717, 1.165) is 0 Å². The van der Waals surface area contributed by atoms with Crippen LogP contribution in [0, 0.1) is 6.92 Å². The Morgan fingerprint density at radius 2 is 2.10 bits per heavy atom. The standard InChI is InChI=1S/C11H18ClN3O4S/c1-7(2)15(5-6-19-4)11(16)9-10(20(12,17)18)8(3)13-14-9/h7H,5-6H2,1-4H3,(H,13,14). The molecule has 0 unspecified atom stereocenters. The molecule has 0 aromatic carbocycles. The maximum atomic E-state index is 12.4. The molecule has 0 atom stereocenters. The Hall–Kier alpha value is -1.12. The van der Waals surface area contributed by atoms with Crippen LogP contribution in [-0.4, -0.2) is 55.7 Å². The number of carbonyl (C=O) groups is 1. The number of aromatic amines is 1. The zero-order valence-corrected chi connectivity index (χ0v) is 13.4. The summed E-state index contributed by atoms with van der Waals surface area (Å²) < 4.78 is 28.1. The van der Waals surface area contributed by atoms with Crippen LogP contribution in [0.1, 0.15) is 30.0 Å². The first-order valence-corrected chi connectivity index (χ1v) is 8.30. The van der Waals surface area contributed by atoms with Crippen molar-refractivity contribution in [2.45, 2.75) is 31.7 Å². The van der Waals surface area contributed by atoms with E-state index >= 15 is 0 Å². The number of nitrogens with one attached hydrogen (secondary N) is 1. The van der Waals surface area contributed by atoms with E-state index in [9.17, 15) is 13.2 Å². The molecule has 1 N–H and O–H groups in total. The third-order valence-electron chi connectivity index (χ3n) is 2.76. The van der Waals surface area contributed by atoms with Gasteiger partial charge in [0.05, 0.1) is 12.3 Å². The molecule has 0 aliphatic rings. The molecule has 1 aromatic rings. The molecule has 0 bridgehead atoms. The number of ether oxygens (including phenoxy) is 1. The second-order valence-electron chi connectivity index (χ2n) is 4.55. The summed E-state index contributed by atoms with van der Waals surface area (Å²) in [6.45, 7) is 5.81. The van der Waals surface area contributed by atoms with Gasteiger partial charge in [0.15, 0.2) is 5.69 Å². The number of hydrogen-bond acceptors (Lipinski definition) is 5. The highest BCUT2D eigenvalue weighted by atomic mass is 35.7. The van der Waals surface area contributed by atoms with Crippen molar-refractivity contribution >= 4 is 25.6 Å². The monoisotopic (exact) mass is 323 g/mol. The van der Waals surface area contributed by atoms with Gasteiger partial charge in [-0.05, 0) is 20.8 Å². The van der Waals surface area contributed by atoms with Crippen molar-refractivity contribution in [3.63, 3.8) is 0 Å². The Labute approximate surface area is 122 Å². The highest BCUT2D eigenvalue weighted by Crippen LogP contribution is 2.23. The summed E-state index contributed by atoms with van der Waals surface area (Å²) in [4.78, 5) is 13.6. The molecule has 1 heterocycles. The van der Waals surface area contributed by atoms with Crippen molar-refractivity contribution in [1.29, 1.82) is 0 Å². The molecule has 1 amide bonds. The third-order valence-corrected chi connectivity index (χ3v) is 4.21. The molecule has 7 nitrogen and oxygen atoms in total. The lowest BCUT2D eigenvalue weighted by atomic mass is 10.2. The zero-order valence-electron chi connectivity index (χ0n) is 11.8. The second kappa shape index (κ2) is 6.55. The first-order chi connectivity index (χ1) is 9.20. The van der Waals surface area contributed by atoms with E-state index in [-0.39, 0.29) is 22.3 Å². The first-order valence-electron chi connectivity index (χ1n) is 5.99. The number of aromatic nitrogens is 2. The quantitative estimate of drug-likeness (QED) is 0.793. The topological polar surface area (TPSA) is 92.4 Å². The van der Waals surface area contributed by atoms with Gasteiger partial charge in [-0.15, -0.1) is 0 Å². The maximum absolute atomic E-state index is 12.4. The number of methoxy groups -OCH3 is 1. The van der Waals surface area contributed by atoms with Gasteiger partial charge < -0.3 is 9.64 Å². The molecule has 9 heteroatoms. The van der Waals surface area contributed by atoms with Gasteiger partial charge in [0.2, 0.25) is 0 Å². The van der Waals surface area contributed by atoms with E-state index in [4.69, 9.17) is 15.4 Å². The molecule has 0 radical (unpaired) electrons. The van der Waals surface area contributed by atoms with Gasteiger partial charge in [0.25, 0.3) is 15.0 Å². The molecule has 0 saturated carbocycles. The largest absolute Gasteiger partial charge is 0.383 e. The number of rotatable bonds is 6. The maximum Gasteiger partial charge on any atom is 0.276 e. The Balaban J connectivity index is 3.20. The lowest BCUT2D eigenvalue weighted by molar-refractivity contribution is 0.0625. The summed E-state index contributed by atoms with van der Waals surface area (Å²) in [5, 5.41) is 6.26. The van der Waals surface area contributed by atoms with Gasteiger partial charge in [0, 0.05) is 30.4 Å². The Morgan fingerprint density at radius 3 is 2.55 bits per heavy atom. The van der Waals surface area contributed by atoms with Crippen LogP contribution in [0.3, 0.4) is 0 Å². The summed E-state index contributed by atoms with van der Waals surface area (Å²) in [7, 11) is 2.84. The Kier molecular flexibility index (Phi) is 5.55.